The van der Waals surface area contributed by atoms with Crippen LogP contribution in [0.2, 0.25) is 0 Å². The van der Waals surface area contributed by atoms with Crippen molar-refractivity contribution in [3.05, 3.63) is 95.5 Å². The highest BCUT2D eigenvalue weighted by Gasteiger charge is 2.13. The first-order chi connectivity index (χ1) is 18.8. The van der Waals surface area contributed by atoms with Crippen LogP contribution in [0.3, 0.4) is 0 Å². The molecular weight excluding hydrogens is 493 g/mol. The number of furan rings is 1. The molecule has 1 N–H and O–H groups in total. The Kier molecular flexibility index (Phi) is 7.27. The molecule has 5 rings (SSSR count). The Morgan fingerprint density at radius 3 is 2.36 bits per heavy atom. The highest BCUT2D eigenvalue weighted by molar-refractivity contribution is 6.03. The van der Waals surface area contributed by atoms with Gasteiger partial charge >= 0.3 is 0 Å². The van der Waals surface area contributed by atoms with E-state index in [1.54, 1.807) is 35.1 Å². The number of fused-ring (bicyclic) bond motifs is 1. The van der Waals surface area contributed by atoms with Crippen LogP contribution in [-0.2, 0) is 4.79 Å². The van der Waals surface area contributed by atoms with Gasteiger partial charge in [0, 0.05) is 36.1 Å². The molecule has 0 atom stereocenters. The van der Waals surface area contributed by atoms with Crippen molar-refractivity contribution in [1.29, 1.82) is 0 Å². The van der Waals surface area contributed by atoms with E-state index in [0.717, 1.165) is 41.0 Å². The van der Waals surface area contributed by atoms with Crippen molar-refractivity contribution in [3.63, 3.8) is 0 Å². The highest BCUT2D eigenvalue weighted by Crippen LogP contribution is 2.26. The molecule has 2 heterocycles. The lowest BCUT2D eigenvalue weighted by Crippen LogP contribution is -2.21. The fraction of sp³-hybridized carbons (Fsp3) is 0.194. The van der Waals surface area contributed by atoms with Gasteiger partial charge in [0.2, 0.25) is 5.91 Å². The van der Waals surface area contributed by atoms with Gasteiger partial charge in [-0.25, -0.2) is 4.39 Å². The number of nitrogens with one attached hydrogen (secondary N) is 1. The lowest BCUT2D eigenvalue weighted by molar-refractivity contribution is -0.111. The van der Waals surface area contributed by atoms with E-state index in [1.807, 2.05) is 25.1 Å². The number of aryl methyl sites for hydroxylation is 2. The molecule has 7 nitrogen and oxygen atoms in total. The average Bonchev–Trinajstić information content (AvgIpc) is 3.56. The Hall–Kier alpha value is -4.72. The van der Waals surface area contributed by atoms with Crippen LogP contribution in [0.1, 0.15) is 30.7 Å². The zero-order valence-electron chi connectivity index (χ0n) is 22.4. The predicted molar refractivity (Wildman–Crippen MR) is 154 cm³/mol. The molecule has 8 heteroatoms. The Bertz CT molecular complexity index is 1660. The zero-order chi connectivity index (χ0) is 27.5. The van der Waals surface area contributed by atoms with Crippen LogP contribution in [0.15, 0.2) is 77.2 Å². The summed E-state index contributed by atoms with van der Waals surface area (Å²) in [6.45, 7) is 10.2. The second-order valence-corrected chi connectivity index (χ2v) is 9.32. The lowest BCUT2D eigenvalue weighted by atomic mass is 10.1. The number of hydrogen-bond donors (Lipinski definition) is 1. The first-order valence-corrected chi connectivity index (χ1v) is 12.9. The van der Waals surface area contributed by atoms with Crippen molar-refractivity contribution < 1.29 is 13.6 Å². The van der Waals surface area contributed by atoms with Crippen molar-refractivity contribution in [2.45, 2.75) is 27.7 Å². The third-order valence-electron chi connectivity index (χ3n) is 6.66. The van der Waals surface area contributed by atoms with Gasteiger partial charge in [-0.1, -0.05) is 0 Å². The maximum atomic E-state index is 13.2. The minimum Gasteiger partial charge on any atom is -0.457 e. The quantitative estimate of drug-likeness (QED) is 0.223. The molecule has 0 unspecified atom stereocenters. The molecule has 0 fully saturated rings. The standard InChI is InChI=1S/C31H30FN5O2/c1-5-36(6-2)24-11-14-29(21(4)17-24)37-34-27-18-20(3)26(19-28(27)35-37)33-31(38)16-13-25-12-15-30(39-25)22-7-9-23(32)10-8-22/h7-19H,5-6H2,1-4H3,(H,33,38)/b16-13+. The number of aromatic nitrogens is 3. The molecule has 2 aromatic heterocycles. The molecule has 0 aliphatic carbocycles. The van der Waals surface area contributed by atoms with Gasteiger partial charge in [-0.3, -0.25) is 4.79 Å². The molecule has 198 valence electrons. The predicted octanol–water partition coefficient (Wildman–Crippen LogP) is 6.93. The molecule has 0 saturated heterocycles. The summed E-state index contributed by atoms with van der Waals surface area (Å²) in [5, 5.41) is 12.3. The highest BCUT2D eigenvalue weighted by atomic mass is 19.1. The molecule has 0 spiro atoms. The van der Waals surface area contributed by atoms with Gasteiger partial charge in [0.1, 0.15) is 28.4 Å². The van der Waals surface area contributed by atoms with Crippen LogP contribution in [-0.4, -0.2) is 34.0 Å². The molecule has 39 heavy (non-hydrogen) atoms. The molecule has 0 aliphatic rings. The lowest BCUT2D eigenvalue weighted by Gasteiger charge is -2.22. The van der Waals surface area contributed by atoms with Crippen LogP contribution in [0.5, 0.6) is 0 Å². The number of nitrogens with zero attached hydrogens (tertiary/aromatic N) is 4. The van der Waals surface area contributed by atoms with E-state index in [0.29, 0.717) is 22.7 Å². The number of benzene rings is 3. The van der Waals surface area contributed by atoms with Crippen molar-refractivity contribution in [1.82, 2.24) is 15.0 Å². The molecule has 3 aromatic carbocycles. The van der Waals surface area contributed by atoms with Gasteiger partial charge in [-0.2, -0.15) is 4.80 Å². The maximum Gasteiger partial charge on any atom is 0.248 e. The van der Waals surface area contributed by atoms with E-state index in [4.69, 9.17) is 4.42 Å². The van der Waals surface area contributed by atoms with Gasteiger partial charge in [-0.15, -0.1) is 10.2 Å². The fourth-order valence-electron chi connectivity index (χ4n) is 4.50. The van der Waals surface area contributed by atoms with Crippen LogP contribution in [0.25, 0.3) is 34.1 Å². The third-order valence-corrected chi connectivity index (χ3v) is 6.66. The number of carbonyl (C=O) groups excluding carboxylic acids is 1. The zero-order valence-corrected chi connectivity index (χ0v) is 22.4. The van der Waals surface area contributed by atoms with Gasteiger partial charge in [0.25, 0.3) is 0 Å². The van der Waals surface area contributed by atoms with Crippen LogP contribution >= 0.6 is 0 Å². The van der Waals surface area contributed by atoms with Crippen molar-refractivity contribution in [2.75, 3.05) is 23.3 Å². The number of rotatable bonds is 8. The Morgan fingerprint density at radius 1 is 0.949 bits per heavy atom. The van der Waals surface area contributed by atoms with Gasteiger partial charge < -0.3 is 14.6 Å². The fourth-order valence-corrected chi connectivity index (χ4v) is 4.50. The summed E-state index contributed by atoms with van der Waals surface area (Å²) >= 11 is 0. The number of halogens is 1. The largest absolute Gasteiger partial charge is 0.457 e. The van der Waals surface area contributed by atoms with Gasteiger partial charge in [-0.05, 0) is 112 Å². The smallest absolute Gasteiger partial charge is 0.248 e. The van der Waals surface area contributed by atoms with Crippen molar-refractivity contribution in [3.8, 4) is 17.0 Å². The van der Waals surface area contributed by atoms with E-state index < -0.39 is 0 Å². The first-order valence-electron chi connectivity index (χ1n) is 12.9. The Labute approximate surface area is 226 Å². The third kappa shape index (κ3) is 5.60. The van der Waals surface area contributed by atoms with E-state index >= 15 is 0 Å². The van der Waals surface area contributed by atoms with Crippen LogP contribution < -0.4 is 10.2 Å². The minimum atomic E-state index is -0.308. The molecule has 5 aromatic rings. The summed E-state index contributed by atoms with van der Waals surface area (Å²) in [5.74, 6) is 0.504. The molecule has 0 saturated carbocycles. The summed E-state index contributed by atoms with van der Waals surface area (Å²) < 4.78 is 18.9. The number of amides is 1. The molecule has 0 bridgehead atoms. The Balaban J connectivity index is 1.31. The first kappa shape index (κ1) is 25.9. The van der Waals surface area contributed by atoms with Gasteiger partial charge in [0.15, 0.2) is 0 Å². The SMILES string of the molecule is CCN(CC)c1ccc(-n2nc3cc(C)c(NC(=O)/C=C/c4ccc(-c5ccc(F)cc5)o4)cc3n2)c(C)c1. The van der Waals surface area contributed by atoms with Crippen LogP contribution in [0, 0.1) is 19.7 Å². The average molecular weight is 524 g/mol. The summed E-state index contributed by atoms with van der Waals surface area (Å²) in [5.41, 5.74) is 6.88. The summed E-state index contributed by atoms with van der Waals surface area (Å²) in [6, 6.07) is 19.6. The monoisotopic (exact) mass is 523 g/mol. The van der Waals surface area contributed by atoms with E-state index in [-0.39, 0.29) is 11.7 Å². The minimum absolute atomic E-state index is 0.299. The molecular formula is C31H30FN5O2. The number of hydrogen-bond acceptors (Lipinski definition) is 5. The summed E-state index contributed by atoms with van der Waals surface area (Å²) in [7, 11) is 0. The van der Waals surface area contributed by atoms with E-state index in [1.165, 1.54) is 23.9 Å². The molecule has 0 radical (unpaired) electrons. The topological polar surface area (TPSA) is 76.2 Å². The number of anilines is 2. The van der Waals surface area contributed by atoms with E-state index in [2.05, 4.69) is 53.3 Å². The Morgan fingerprint density at radius 2 is 1.67 bits per heavy atom. The van der Waals surface area contributed by atoms with Gasteiger partial charge in [0.05, 0.1) is 5.69 Å². The maximum absolute atomic E-state index is 13.2. The summed E-state index contributed by atoms with van der Waals surface area (Å²) in [4.78, 5) is 16.6. The number of carbonyl (C=O) groups is 1. The normalized spacial score (nSPS) is 11.4. The van der Waals surface area contributed by atoms with Crippen molar-refractivity contribution >= 4 is 34.4 Å². The molecule has 1 amide bonds. The van der Waals surface area contributed by atoms with Crippen LogP contribution in [0.4, 0.5) is 15.8 Å². The van der Waals surface area contributed by atoms with E-state index in [9.17, 15) is 9.18 Å². The molecule has 0 aliphatic heterocycles. The summed E-state index contributed by atoms with van der Waals surface area (Å²) in [6.07, 6.45) is 3.01. The second kappa shape index (κ2) is 10.9. The second-order valence-electron chi connectivity index (χ2n) is 9.32. The van der Waals surface area contributed by atoms with Crippen molar-refractivity contribution in [2.24, 2.45) is 0 Å².